The first kappa shape index (κ1) is 87.1. The Bertz CT molecular complexity index is 3580. The summed E-state index contributed by atoms with van der Waals surface area (Å²) in [5.74, 6) is -4.41. The van der Waals surface area contributed by atoms with Crippen molar-refractivity contribution in [2.45, 2.75) is 116 Å². The monoisotopic (exact) mass is 2110 g/mol. The van der Waals surface area contributed by atoms with Crippen LogP contribution in [0, 0.1) is 11.8 Å². The number of aromatic nitrogens is 6. The molecule has 6 aliphatic rings. The summed E-state index contributed by atoms with van der Waals surface area (Å²) in [6.07, 6.45) is 2.65. The summed E-state index contributed by atoms with van der Waals surface area (Å²) in [4.78, 5) is 88.1. The Labute approximate surface area is 662 Å². The minimum Gasteiger partial charge on any atom is -0.280 e. The second-order valence-electron chi connectivity index (χ2n) is 25.8. The summed E-state index contributed by atoms with van der Waals surface area (Å²) in [6, 6.07) is 21.4. The number of fused-ring (bicyclic) bond motifs is 2. The van der Waals surface area contributed by atoms with E-state index in [1.165, 1.54) is 43.8 Å². The van der Waals surface area contributed by atoms with Crippen molar-refractivity contribution >= 4 is 173 Å². The molecule has 12 rings (SSSR count). The van der Waals surface area contributed by atoms with Crippen LogP contribution in [0.2, 0.25) is 0 Å². The van der Waals surface area contributed by atoms with Gasteiger partial charge in [0.2, 0.25) is 17.8 Å². The number of piperazine rings is 4. The largest absolute Gasteiger partial charge is 0.458 e. The molecule has 6 fully saturated rings. The third-order valence-corrected chi connectivity index (χ3v) is 18.3. The molecule has 0 unspecified atom stereocenters. The van der Waals surface area contributed by atoms with Crippen LogP contribution in [0.5, 0.6) is 0 Å². The molecular formula is C67H91F6I6N16O7-. The molecule has 2 aliphatic carbocycles. The van der Waals surface area contributed by atoms with E-state index in [4.69, 9.17) is 14.7 Å². The van der Waals surface area contributed by atoms with Crippen LogP contribution in [-0.2, 0) is 23.9 Å². The van der Waals surface area contributed by atoms with Gasteiger partial charge in [-0.15, -0.1) is 24.0 Å². The molecule has 2 saturated carbocycles. The normalized spacial score (nSPS) is 19.8. The van der Waals surface area contributed by atoms with Crippen LogP contribution >= 0.6 is 98.4 Å². The second-order valence-corrected chi connectivity index (χ2v) is 42.1. The standard InChI is InChI=1S/C29H40N8O.C28H36N6O4.C6H14N2.C4F6O2.I3.I2.HI/c1-2-34-18-20-36(21-19-34)28(38)22-6-8-23(9-7-22)32-29-31-12-10-27(33-29)37-15-11-24-25(4-3-5-26(24)37)35-16-13-30-14-17-35;1-28(2,3)38-27(37)33-17-15-32(16-18-33)22-5-4-6-23-21(22)12-14-34(23)24-11-13-29-26(31-24)30-20-9-7-19(8-10-20)25(35)36;1-2-8-5-3-7-4-6-8;5-3(6,7)1(11)2(12)4(8,9)10;1-3-2;1-2;/h3-5,10-12,15,22-23,30H,2,6-9,13-14,16-21H2,1H3,(H,31,32,33);4-6,11-14,19-20H,7-10,15-18H2,1-3H3,(H,35,36)(H,29,30,31);7H,2-6H2,1H3;;;;1H/q;;;;-1;;. The van der Waals surface area contributed by atoms with Crippen LogP contribution in [0.15, 0.2) is 85.5 Å². The molecule has 23 nitrogen and oxygen atoms in total. The fourth-order valence-electron chi connectivity index (χ4n) is 12.9. The maximum absolute atomic E-state index is 13.1. The number of amides is 2. The quantitative estimate of drug-likeness (QED) is 0.0410. The number of halogens is 12. The van der Waals surface area contributed by atoms with Crippen LogP contribution in [0.3, 0.4) is 0 Å². The van der Waals surface area contributed by atoms with E-state index < -0.39 is 35.5 Å². The van der Waals surface area contributed by atoms with E-state index in [2.05, 4.69) is 208 Å². The number of anilines is 4. The van der Waals surface area contributed by atoms with E-state index in [9.17, 15) is 55.4 Å². The summed E-state index contributed by atoms with van der Waals surface area (Å²) in [7, 11) is 0. The van der Waals surface area contributed by atoms with Gasteiger partial charge in [-0.3, -0.25) is 19.2 Å². The van der Waals surface area contributed by atoms with Crippen molar-refractivity contribution in [2.75, 3.05) is 138 Å². The van der Waals surface area contributed by atoms with E-state index >= 15 is 0 Å². The number of ether oxygens (including phenoxy) is 1. The molecule has 8 heterocycles. The molecule has 35 heteroatoms. The minimum atomic E-state index is -5.77. The number of carbonyl (C=O) groups excluding carboxylic acids is 4. The Morgan fingerprint density at radius 2 is 0.951 bits per heavy atom. The number of carboxylic acids is 1. The van der Waals surface area contributed by atoms with Gasteiger partial charge in [-0.05, 0) is 134 Å². The Balaban J connectivity index is 0.000000239. The van der Waals surface area contributed by atoms with Crippen molar-refractivity contribution in [2.24, 2.45) is 11.8 Å². The second kappa shape index (κ2) is 42.7. The summed E-state index contributed by atoms with van der Waals surface area (Å²) < 4.78 is 76.7. The van der Waals surface area contributed by atoms with Gasteiger partial charge in [0.05, 0.1) is 17.0 Å². The van der Waals surface area contributed by atoms with Gasteiger partial charge in [0.25, 0.3) is 0 Å². The molecular weight excluding hydrogens is 2020 g/mol. The smallest absolute Gasteiger partial charge is 0.280 e. The van der Waals surface area contributed by atoms with Crippen LogP contribution < -0.4 is 44.3 Å². The molecule has 4 saturated heterocycles. The maximum atomic E-state index is 13.1. The number of hydrogen-bond donors (Lipinski definition) is 5. The average molecular weight is 2110 g/mol. The number of rotatable bonds is 13. The molecule has 0 atom stereocenters. The van der Waals surface area contributed by atoms with Crippen molar-refractivity contribution in [3.05, 3.63) is 85.5 Å². The molecule has 6 aromatic rings. The molecule has 4 aliphatic heterocycles. The Kier molecular flexibility index (Phi) is 36.5. The SMILES string of the molecule is CC(C)(C)OC(=O)N1CCN(c2cccc3c2ccn3-c2ccnc(NC3CCC(C(=O)O)CC3)n2)CC1.CCN1CCN(C(=O)C2CCC(Nc3nccc(-n4ccc5c(N6CCNCC6)cccc54)n3)CC2)CC1.CCN1CCNCC1.I.II.I[I-]I.O=C(C(=O)C(F)(F)F)C(F)(F)F. The van der Waals surface area contributed by atoms with Gasteiger partial charge in [0.1, 0.15) is 17.2 Å². The zero-order valence-electron chi connectivity index (χ0n) is 57.6. The summed E-state index contributed by atoms with van der Waals surface area (Å²) in [5.41, 5.74) is 4.12. The third-order valence-electron chi connectivity index (χ3n) is 18.3. The Morgan fingerprint density at radius 3 is 1.34 bits per heavy atom. The number of ketones is 2. The van der Waals surface area contributed by atoms with Gasteiger partial charge in [-0.25, -0.2) is 14.8 Å². The fourth-order valence-corrected chi connectivity index (χ4v) is 12.9. The van der Waals surface area contributed by atoms with Crippen molar-refractivity contribution in [1.82, 2.24) is 59.3 Å². The number of alkyl halides is 6. The number of carbonyl (C=O) groups is 5. The topological polar surface area (TPSA) is 244 Å². The first-order valence-electron chi connectivity index (χ1n) is 33.8. The van der Waals surface area contributed by atoms with Gasteiger partial charge in [-0.1, -0.05) is 26.0 Å². The van der Waals surface area contributed by atoms with Gasteiger partial charge in [0.15, 0.2) is 0 Å². The number of aliphatic carboxylic acids is 1. The first-order valence-corrected chi connectivity index (χ1v) is 52.6. The number of nitrogens with one attached hydrogen (secondary N) is 4. The average Bonchev–Trinajstić information content (AvgIpc) is 1.62. The summed E-state index contributed by atoms with van der Waals surface area (Å²) in [5, 5.41) is 25.3. The molecule has 102 heavy (non-hydrogen) atoms. The van der Waals surface area contributed by atoms with Crippen molar-refractivity contribution in [1.29, 1.82) is 0 Å². The number of hydrogen-bond acceptors (Lipinski definition) is 18. The van der Waals surface area contributed by atoms with Crippen molar-refractivity contribution < 1.29 is 73.4 Å². The van der Waals surface area contributed by atoms with Crippen LogP contribution in [0.1, 0.15) is 86.0 Å². The van der Waals surface area contributed by atoms with E-state index in [0.717, 1.165) is 144 Å². The van der Waals surface area contributed by atoms with Crippen LogP contribution in [-0.4, -0.2) is 231 Å². The zero-order valence-corrected chi connectivity index (χ0v) is 70.7. The van der Waals surface area contributed by atoms with E-state index in [0.29, 0.717) is 63.0 Å². The zero-order chi connectivity index (χ0) is 73.4. The summed E-state index contributed by atoms with van der Waals surface area (Å²) in [6.45, 7) is 27.7. The van der Waals surface area contributed by atoms with Gasteiger partial charge in [-0.2, -0.15) is 36.3 Å². The van der Waals surface area contributed by atoms with E-state index in [-0.39, 0.29) is 47.9 Å². The molecule has 2 aromatic carbocycles. The molecule has 4 aromatic heterocycles. The number of Topliss-reactive ketones (excluding diaryl/α,β-unsaturated/α-hetero) is 2. The Morgan fingerprint density at radius 1 is 0.559 bits per heavy atom. The molecule has 0 spiro atoms. The first-order chi connectivity index (χ1) is 48.3. The molecule has 0 bridgehead atoms. The third kappa shape index (κ3) is 26.0. The number of benzene rings is 2. The van der Waals surface area contributed by atoms with Crippen LogP contribution in [0.4, 0.5) is 54.4 Å². The van der Waals surface area contributed by atoms with Gasteiger partial charge < -0.3 is 69.6 Å². The predicted molar refractivity (Wildman–Crippen MR) is 427 cm³/mol. The molecule has 2 amide bonds. The Hall–Kier alpha value is -3.77. The number of likely N-dealkylation sites (N-methyl/N-ethyl adjacent to an activating group) is 2. The number of carboxylic acid groups (broad SMARTS) is 1. The van der Waals surface area contributed by atoms with E-state index in [1.807, 2.05) is 45.3 Å². The van der Waals surface area contributed by atoms with E-state index in [1.54, 1.807) is 11.1 Å². The molecule has 566 valence electrons. The number of nitrogens with zero attached hydrogens (tertiary/aromatic N) is 12. The minimum absolute atomic E-state index is 0. The fraction of sp³-hybridized carbons (Fsp3) is 0.567. The summed E-state index contributed by atoms with van der Waals surface area (Å²) >= 11 is 9.54. The van der Waals surface area contributed by atoms with Crippen LogP contribution in [0.25, 0.3) is 33.4 Å². The maximum Gasteiger partial charge on any atom is 0.458 e. The molecule has 5 N–H and O–H groups in total. The van der Waals surface area contributed by atoms with Crippen molar-refractivity contribution in [3.63, 3.8) is 0 Å². The van der Waals surface area contributed by atoms with Gasteiger partial charge in [0, 0.05) is 207 Å². The predicted octanol–water partition coefficient (Wildman–Crippen LogP) is 9.82. The van der Waals surface area contributed by atoms with Gasteiger partial charge >= 0.3 is 86.5 Å². The van der Waals surface area contributed by atoms with Crippen molar-refractivity contribution in [3.8, 4) is 11.6 Å². The molecule has 0 radical (unpaired) electrons.